The summed E-state index contributed by atoms with van der Waals surface area (Å²) in [6.45, 7) is 6.81. The fourth-order valence-corrected chi connectivity index (χ4v) is 2.19. The zero-order valence-corrected chi connectivity index (χ0v) is 12.4. The summed E-state index contributed by atoms with van der Waals surface area (Å²) in [5.41, 5.74) is 2.00. The predicted octanol–water partition coefficient (Wildman–Crippen LogP) is 3.35. The number of nitrogens with one attached hydrogen (secondary N) is 1. The zero-order valence-electron chi connectivity index (χ0n) is 12.4. The summed E-state index contributed by atoms with van der Waals surface area (Å²) >= 11 is 0. The smallest absolute Gasteiger partial charge is 0.122 e. The van der Waals surface area contributed by atoms with E-state index in [9.17, 15) is 5.26 Å². The lowest BCUT2D eigenvalue weighted by atomic mass is 9.92. The van der Waals surface area contributed by atoms with Crippen molar-refractivity contribution >= 4 is 0 Å². The molecule has 1 rings (SSSR count). The SMILES string of the molecule is CCC(C#N)(CCCOc1ccc(C)cc1C)NC. The Balaban J connectivity index is 2.45. The normalized spacial score (nSPS) is 13.6. The average Bonchev–Trinajstić information content (AvgIpc) is 2.42. The van der Waals surface area contributed by atoms with E-state index in [1.165, 1.54) is 5.56 Å². The minimum atomic E-state index is -0.411. The Kier molecular flexibility index (Phi) is 5.85. The van der Waals surface area contributed by atoms with Gasteiger partial charge in [0.05, 0.1) is 12.7 Å². The maximum absolute atomic E-state index is 9.21. The number of ether oxygens (including phenoxy) is 1. The Morgan fingerprint density at radius 2 is 2.11 bits per heavy atom. The summed E-state index contributed by atoms with van der Waals surface area (Å²) in [6, 6.07) is 8.56. The second-order valence-electron chi connectivity index (χ2n) is 5.02. The van der Waals surface area contributed by atoms with Crippen LogP contribution in [0.3, 0.4) is 0 Å². The second kappa shape index (κ2) is 7.16. The Bertz CT molecular complexity index is 445. The fourth-order valence-electron chi connectivity index (χ4n) is 2.19. The topological polar surface area (TPSA) is 45.0 Å². The van der Waals surface area contributed by atoms with E-state index in [0.29, 0.717) is 6.61 Å². The predicted molar refractivity (Wildman–Crippen MR) is 78.3 cm³/mol. The molecule has 1 N–H and O–H groups in total. The van der Waals surface area contributed by atoms with E-state index in [1.54, 1.807) is 0 Å². The first-order valence-electron chi connectivity index (χ1n) is 6.87. The van der Waals surface area contributed by atoms with Crippen LogP contribution in [-0.2, 0) is 0 Å². The third-order valence-corrected chi connectivity index (χ3v) is 3.63. The molecule has 1 atom stereocenters. The van der Waals surface area contributed by atoms with Crippen LogP contribution < -0.4 is 10.1 Å². The van der Waals surface area contributed by atoms with Gasteiger partial charge in [-0.25, -0.2) is 0 Å². The van der Waals surface area contributed by atoms with Crippen LogP contribution in [0, 0.1) is 25.2 Å². The fraction of sp³-hybridized carbons (Fsp3) is 0.562. The molecule has 1 aromatic rings. The Labute approximate surface area is 116 Å². The molecule has 0 saturated heterocycles. The van der Waals surface area contributed by atoms with Gasteiger partial charge in [0, 0.05) is 0 Å². The monoisotopic (exact) mass is 260 g/mol. The van der Waals surface area contributed by atoms with Gasteiger partial charge in [0.2, 0.25) is 0 Å². The molecule has 0 saturated carbocycles. The highest BCUT2D eigenvalue weighted by molar-refractivity contribution is 5.35. The average molecular weight is 260 g/mol. The summed E-state index contributed by atoms with van der Waals surface area (Å²) in [4.78, 5) is 0. The van der Waals surface area contributed by atoms with Gasteiger partial charge in [-0.05, 0) is 51.8 Å². The number of benzene rings is 1. The van der Waals surface area contributed by atoms with E-state index in [2.05, 4.69) is 37.4 Å². The molecule has 0 fully saturated rings. The van der Waals surface area contributed by atoms with E-state index >= 15 is 0 Å². The van der Waals surface area contributed by atoms with E-state index in [-0.39, 0.29) is 0 Å². The van der Waals surface area contributed by atoms with Gasteiger partial charge < -0.3 is 10.1 Å². The Morgan fingerprint density at radius 1 is 1.37 bits per heavy atom. The maximum atomic E-state index is 9.21. The molecule has 0 amide bonds. The van der Waals surface area contributed by atoms with Gasteiger partial charge in [0.25, 0.3) is 0 Å². The van der Waals surface area contributed by atoms with Crippen molar-refractivity contribution in [2.24, 2.45) is 0 Å². The van der Waals surface area contributed by atoms with Crippen LogP contribution in [0.2, 0.25) is 0 Å². The van der Waals surface area contributed by atoms with Crippen LogP contribution >= 0.6 is 0 Å². The van der Waals surface area contributed by atoms with Crippen molar-refractivity contribution in [1.82, 2.24) is 5.32 Å². The van der Waals surface area contributed by atoms with Crippen molar-refractivity contribution in [1.29, 1.82) is 5.26 Å². The van der Waals surface area contributed by atoms with Gasteiger partial charge in [-0.1, -0.05) is 24.6 Å². The van der Waals surface area contributed by atoms with Crippen LogP contribution in [0.15, 0.2) is 18.2 Å². The molecule has 0 aliphatic rings. The summed E-state index contributed by atoms with van der Waals surface area (Å²) in [7, 11) is 1.84. The standard InChI is InChI=1S/C16H24N2O/c1-5-16(12-17,18-4)9-6-10-19-15-8-7-13(2)11-14(15)3/h7-8,11,18H,5-6,9-10H2,1-4H3. The molecule has 1 unspecified atom stereocenters. The van der Waals surface area contributed by atoms with Crippen LogP contribution in [0.1, 0.15) is 37.3 Å². The molecule has 3 heteroatoms. The van der Waals surface area contributed by atoms with Crippen molar-refractivity contribution in [2.75, 3.05) is 13.7 Å². The lowest BCUT2D eigenvalue weighted by molar-refractivity contribution is 0.280. The maximum Gasteiger partial charge on any atom is 0.122 e. The number of rotatable bonds is 7. The van der Waals surface area contributed by atoms with Gasteiger partial charge >= 0.3 is 0 Å². The lowest BCUT2D eigenvalue weighted by Crippen LogP contribution is -2.41. The van der Waals surface area contributed by atoms with E-state index < -0.39 is 5.54 Å². The van der Waals surface area contributed by atoms with Crippen LogP contribution in [0.4, 0.5) is 0 Å². The molecule has 0 aliphatic heterocycles. The molecule has 1 aromatic carbocycles. The highest BCUT2D eigenvalue weighted by Crippen LogP contribution is 2.20. The third kappa shape index (κ3) is 4.25. The third-order valence-electron chi connectivity index (χ3n) is 3.63. The quantitative estimate of drug-likeness (QED) is 0.765. The van der Waals surface area contributed by atoms with Gasteiger partial charge in [0.15, 0.2) is 0 Å². The van der Waals surface area contributed by atoms with E-state index in [0.717, 1.165) is 30.6 Å². The van der Waals surface area contributed by atoms with Crippen molar-refractivity contribution in [2.45, 2.75) is 45.6 Å². The van der Waals surface area contributed by atoms with Gasteiger partial charge in [0.1, 0.15) is 11.3 Å². The van der Waals surface area contributed by atoms with Crippen molar-refractivity contribution < 1.29 is 4.74 Å². The first-order chi connectivity index (χ1) is 9.06. The second-order valence-corrected chi connectivity index (χ2v) is 5.02. The molecule has 104 valence electrons. The first kappa shape index (κ1) is 15.5. The first-order valence-corrected chi connectivity index (χ1v) is 6.87. The summed E-state index contributed by atoms with van der Waals surface area (Å²) in [5, 5.41) is 12.3. The highest BCUT2D eigenvalue weighted by atomic mass is 16.5. The molecule has 0 spiro atoms. The van der Waals surface area contributed by atoms with Gasteiger partial charge in [-0.15, -0.1) is 0 Å². The number of nitriles is 1. The van der Waals surface area contributed by atoms with E-state index in [4.69, 9.17) is 4.74 Å². The molecular formula is C16H24N2O. The Hall–Kier alpha value is -1.53. The molecule has 0 heterocycles. The van der Waals surface area contributed by atoms with Gasteiger partial charge in [-0.3, -0.25) is 0 Å². The van der Waals surface area contributed by atoms with Crippen LogP contribution in [-0.4, -0.2) is 19.2 Å². The lowest BCUT2D eigenvalue weighted by Gasteiger charge is -2.24. The molecular weight excluding hydrogens is 236 g/mol. The number of hydrogen-bond acceptors (Lipinski definition) is 3. The van der Waals surface area contributed by atoms with Crippen molar-refractivity contribution in [3.63, 3.8) is 0 Å². The number of aryl methyl sites for hydroxylation is 2. The highest BCUT2D eigenvalue weighted by Gasteiger charge is 2.24. The molecule has 3 nitrogen and oxygen atoms in total. The van der Waals surface area contributed by atoms with Crippen molar-refractivity contribution in [3.05, 3.63) is 29.3 Å². The minimum Gasteiger partial charge on any atom is -0.493 e. The molecule has 0 radical (unpaired) electrons. The van der Waals surface area contributed by atoms with E-state index in [1.807, 2.05) is 20.0 Å². The zero-order chi connectivity index (χ0) is 14.3. The molecule has 0 bridgehead atoms. The largest absolute Gasteiger partial charge is 0.493 e. The number of hydrogen-bond donors (Lipinski definition) is 1. The summed E-state index contributed by atoms with van der Waals surface area (Å²) in [6.07, 6.45) is 2.49. The molecule has 0 aliphatic carbocycles. The van der Waals surface area contributed by atoms with Crippen molar-refractivity contribution in [3.8, 4) is 11.8 Å². The minimum absolute atomic E-state index is 0.411. The molecule has 0 aromatic heterocycles. The molecule has 19 heavy (non-hydrogen) atoms. The van der Waals surface area contributed by atoms with Gasteiger partial charge in [-0.2, -0.15) is 5.26 Å². The Morgan fingerprint density at radius 3 is 2.63 bits per heavy atom. The summed E-state index contributed by atoms with van der Waals surface area (Å²) in [5.74, 6) is 0.939. The van der Waals surface area contributed by atoms with Crippen LogP contribution in [0.25, 0.3) is 0 Å². The van der Waals surface area contributed by atoms with Crippen LogP contribution in [0.5, 0.6) is 5.75 Å². The number of nitrogens with zero attached hydrogens (tertiary/aromatic N) is 1. The summed E-state index contributed by atoms with van der Waals surface area (Å²) < 4.78 is 5.78.